The smallest absolute Gasteiger partial charge is 0.148 e. The van der Waals surface area contributed by atoms with Gasteiger partial charge in [0.05, 0.1) is 11.0 Å². The number of imidazole rings is 1. The molecule has 0 aliphatic rings. The Kier molecular flexibility index (Phi) is 4.08. The Morgan fingerprint density at radius 3 is 2.55 bits per heavy atom. The predicted octanol–water partition coefficient (Wildman–Crippen LogP) is 5.16. The number of fused-ring (bicyclic) bond motifs is 1. The summed E-state index contributed by atoms with van der Waals surface area (Å²) in [5, 5.41) is 0.701. The standard InChI is InChI=1S/C18H19ClN2O/c1-12(2)21-17-9-6-14(19)10-16(17)20-18(21)11-22-15-7-4-13(3)5-8-15/h4-10,12H,11H2,1-3H3. The van der Waals surface area contributed by atoms with Crippen molar-refractivity contribution in [3.05, 3.63) is 58.9 Å². The lowest BCUT2D eigenvalue weighted by Crippen LogP contribution is -2.09. The van der Waals surface area contributed by atoms with Crippen LogP contribution in [0.15, 0.2) is 42.5 Å². The fraction of sp³-hybridized carbons (Fsp3) is 0.278. The summed E-state index contributed by atoms with van der Waals surface area (Å²) in [4.78, 5) is 4.68. The third kappa shape index (κ3) is 2.95. The fourth-order valence-corrected chi connectivity index (χ4v) is 2.75. The monoisotopic (exact) mass is 314 g/mol. The van der Waals surface area contributed by atoms with Crippen molar-refractivity contribution in [2.75, 3.05) is 0 Å². The summed E-state index contributed by atoms with van der Waals surface area (Å²) in [6, 6.07) is 14.2. The first-order chi connectivity index (χ1) is 10.5. The highest BCUT2D eigenvalue weighted by Crippen LogP contribution is 2.25. The second-order valence-corrected chi connectivity index (χ2v) is 6.16. The van der Waals surface area contributed by atoms with Gasteiger partial charge in [-0.05, 0) is 51.1 Å². The van der Waals surface area contributed by atoms with Gasteiger partial charge in [-0.15, -0.1) is 0 Å². The Hall–Kier alpha value is -2.00. The summed E-state index contributed by atoms with van der Waals surface area (Å²) in [6.45, 7) is 6.79. The quantitative estimate of drug-likeness (QED) is 0.665. The van der Waals surface area contributed by atoms with Gasteiger partial charge in [0.2, 0.25) is 0 Å². The molecule has 0 bridgehead atoms. The molecule has 2 aromatic carbocycles. The minimum absolute atomic E-state index is 0.308. The maximum absolute atomic E-state index is 6.07. The first-order valence-corrected chi connectivity index (χ1v) is 7.78. The van der Waals surface area contributed by atoms with E-state index in [0.717, 1.165) is 22.6 Å². The minimum Gasteiger partial charge on any atom is -0.486 e. The third-order valence-corrected chi connectivity index (χ3v) is 3.86. The van der Waals surface area contributed by atoms with Crippen LogP contribution in [0.25, 0.3) is 11.0 Å². The molecule has 0 amide bonds. The van der Waals surface area contributed by atoms with Crippen LogP contribution in [-0.2, 0) is 6.61 Å². The van der Waals surface area contributed by atoms with Gasteiger partial charge < -0.3 is 9.30 Å². The minimum atomic E-state index is 0.308. The summed E-state index contributed by atoms with van der Waals surface area (Å²) in [5.74, 6) is 1.76. The highest BCUT2D eigenvalue weighted by molar-refractivity contribution is 6.31. The summed E-state index contributed by atoms with van der Waals surface area (Å²) in [5.41, 5.74) is 3.21. The number of benzene rings is 2. The van der Waals surface area contributed by atoms with E-state index in [2.05, 4.69) is 30.3 Å². The molecule has 3 nitrogen and oxygen atoms in total. The van der Waals surface area contributed by atoms with Crippen LogP contribution in [0.3, 0.4) is 0 Å². The van der Waals surface area contributed by atoms with E-state index in [-0.39, 0.29) is 0 Å². The Bertz CT molecular complexity index is 791. The first-order valence-electron chi connectivity index (χ1n) is 7.40. The molecule has 1 aromatic heterocycles. The molecule has 0 N–H and O–H groups in total. The van der Waals surface area contributed by atoms with Crippen LogP contribution in [0, 0.1) is 6.92 Å². The molecule has 114 valence electrons. The fourth-order valence-electron chi connectivity index (χ4n) is 2.58. The molecule has 0 radical (unpaired) electrons. The van der Waals surface area contributed by atoms with E-state index in [1.807, 2.05) is 42.5 Å². The van der Waals surface area contributed by atoms with Crippen molar-refractivity contribution in [1.82, 2.24) is 9.55 Å². The van der Waals surface area contributed by atoms with Crippen LogP contribution in [0.2, 0.25) is 5.02 Å². The van der Waals surface area contributed by atoms with Gasteiger partial charge in [-0.25, -0.2) is 4.98 Å². The zero-order valence-electron chi connectivity index (χ0n) is 13.0. The van der Waals surface area contributed by atoms with Gasteiger partial charge in [-0.3, -0.25) is 0 Å². The van der Waals surface area contributed by atoms with E-state index >= 15 is 0 Å². The van der Waals surface area contributed by atoms with E-state index in [4.69, 9.17) is 16.3 Å². The van der Waals surface area contributed by atoms with Gasteiger partial charge in [0, 0.05) is 11.1 Å². The van der Waals surface area contributed by atoms with E-state index < -0.39 is 0 Å². The van der Waals surface area contributed by atoms with Crippen molar-refractivity contribution in [2.45, 2.75) is 33.4 Å². The van der Waals surface area contributed by atoms with Crippen molar-refractivity contribution in [3.63, 3.8) is 0 Å². The van der Waals surface area contributed by atoms with Crippen LogP contribution in [0.5, 0.6) is 5.75 Å². The number of ether oxygens (including phenoxy) is 1. The lowest BCUT2D eigenvalue weighted by Gasteiger charge is -2.13. The predicted molar refractivity (Wildman–Crippen MR) is 90.6 cm³/mol. The van der Waals surface area contributed by atoms with Crippen LogP contribution in [0.1, 0.15) is 31.3 Å². The molecule has 3 rings (SSSR count). The molecular weight excluding hydrogens is 296 g/mol. The zero-order chi connectivity index (χ0) is 15.7. The molecular formula is C18H19ClN2O. The van der Waals surface area contributed by atoms with Gasteiger partial charge in [-0.2, -0.15) is 0 Å². The molecule has 1 heterocycles. The molecule has 4 heteroatoms. The molecule has 0 aliphatic heterocycles. The van der Waals surface area contributed by atoms with Crippen LogP contribution >= 0.6 is 11.6 Å². The Morgan fingerprint density at radius 2 is 1.86 bits per heavy atom. The summed E-state index contributed by atoms with van der Waals surface area (Å²) >= 11 is 6.07. The van der Waals surface area contributed by atoms with Crippen LogP contribution in [-0.4, -0.2) is 9.55 Å². The first kappa shape index (κ1) is 14.9. The van der Waals surface area contributed by atoms with E-state index in [0.29, 0.717) is 17.7 Å². The van der Waals surface area contributed by atoms with Crippen molar-refractivity contribution < 1.29 is 4.74 Å². The number of halogens is 1. The van der Waals surface area contributed by atoms with Gasteiger partial charge in [0.25, 0.3) is 0 Å². The summed E-state index contributed by atoms with van der Waals surface area (Å²) in [7, 11) is 0. The maximum Gasteiger partial charge on any atom is 0.148 e. The molecule has 3 aromatic rings. The molecule has 0 spiro atoms. The molecule has 0 aliphatic carbocycles. The molecule has 0 atom stereocenters. The summed E-state index contributed by atoms with van der Waals surface area (Å²) in [6.07, 6.45) is 0. The Balaban J connectivity index is 1.92. The Labute approximate surface area is 135 Å². The number of hydrogen-bond acceptors (Lipinski definition) is 2. The normalized spacial score (nSPS) is 11.3. The number of aryl methyl sites for hydroxylation is 1. The van der Waals surface area contributed by atoms with E-state index in [1.54, 1.807) is 0 Å². The molecule has 0 saturated carbocycles. The number of aromatic nitrogens is 2. The molecule has 22 heavy (non-hydrogen) atoms. The van der Waals surface area contributed by atoms with E-state index in [9.17, 15) is 0 Å². The van der Waals surface area contributed by atoms with E-state index in [1.165, 1.54) is 5.56 Å². The van der Waals surface area contributed by atoms with Crippen molar-refractivity contribution >= 4 is 22.6 Å². The molecule has 0 unspecified atom stereocenters. The third-order valence-electron chi connectivity index (χ3n) is 3.63. The van der Waals surface area contributed by atoms with Gasteiger partial charge in [-0.1, -0.05) is 29.3 Å². The summed E-state index contributed by atoms with van der Waals surface area (Å²) < 4.78 is 8.08. The average Bonchev–Trinajstić information content (AvgIpc) is 2.84. The lowest BCUT2D eigenvalue weighted by molar-refractivity contribution is 0.287. The SMILES string of the molecule is Cc1ccc(OCc2nc3cc(Cl)ccc3n2C(C)C)cc1. The second kappa shape index (κ2) is 6.01. The van der Waals surface area contributed by atoms with Gasteiger partial charge in [0.1, 0.15) is 18.2 Å². The topological polar surface area (TPSA) is 27.1 Å². The van der Waals surface area contributed by atoms with Gasteiger partial charge >= 0.3 is 0 Å². The van der Waals surface area contributed by atoms with Crippen LogP contribution in [0.4, 0.5) is 0 Å². The largest absolute Gasteiger partial charge is 0.486 e. The van der Waals surface area contributed by atoms with Crippen molar-refractivity contribution in [3.8, 4) is 5.75 Å². The highest BCUT2D eigenvalue weighted by atomic mass is 35.5. The number of nitrogens with zero attached hydrogens (tertiary/aromatic N) is 2. The lowest BCUT2D eigenvalue weighted by atomic mass is 10.2. The van der Waals surface area contributed by atoms with Crippen LogP contribution < -0.4 is 4.74 Å². The molecule has 0 fully saturated rings. The number of hydrogen-bond donors (Lipinski definition) is 0. The van der Waals surface area contributed by atoms with Gasteiger partial charge in [0.15, 0.2) is 0 Å². The van der Waals surface area contributed by atoms with Crippen molar-refractivity contribution in [1.29, 1.82) is 0 Å². The molecule has 0 saturated heterocycles. The maximum atomic E-state index is 6.07. The average molecular weight is 315 g/mol. The number of rotatable bonds is 4. The Morgan fingerprint density at radius 1 is 1.14 bits per heavy atom. The zero-order valence-corrected chi connectivity index (χ0v) is 13.8. The van der Waals surface area contributed by atoms with Crippen molar-refractivity contribution in [2.24, 2.45) is 0 Å². The highest BCUT2D eigenvalue weighted by Gasteiger charge is 2.14. The second-order valence-electron chi connectivity index (χ2n) is 5.73.